The van der Waals surface area contributed by atoms with E-state index in [1.807, 2.05) is 56.1 Å². The quantitative estimate of drug-likeness (QED) is 0.749. The van der Waals surface area contributed by atoms with Crippen LogP contribution in [-0.4, -0.2) is 57.8 Å². The van der Waals surface area contributed by atoms with Crippen LogP contribution >= 0.6 is 11.3 Å². The summed E-state index contributed by atoms with van der Waals surface area (Å²) in [5, 5.41) is 4.08. The van der Waals surface area contributed by atoms with Gasteiger partial charge in [-0.2, -0.15) is 0 Å². The number of anilines is 2. The molecule has 3 rings (SSSR count). The third-order valence-corrected chi connectivity index (χ3v) is 5.40. The number of carbonyl (C=O) groups excluding carboxylic acids is 1. The smallest absolute Gasteiger partial charge is 0.246 e. The molecule has 1 saturated heterocycles. The Kier molecular flexibility index (Phi) is 6.74. The molecule has 1 amide bonds. The Morgan fingerprint density at radius 2 is 2.18 bits per heavy atom. The van der Waals surface area contributed by atoms with E-state index < -0.39 is 0 Å². The van der Waals surface area contributed by atoms with Gasteiger partial charge in [0.2, 0.25) is 5.91 Å². The second-order valence-corrected chi connectivity index (χ2v) is 8.57. The highest BCUT2D eigenvalue weighted by molar-refractivity contribution is 7.15. The summed E-state index contributed by atoms with van der Waals surface area (Å²) in [5.74, 6) is 1.46. The number of rotatable bonds is 6. The van der Waals surface area contributed by atoms with Gasteiger partial charge in [-0.25, -0.2) is 15.0 Å². The number of amides is 1. The number of aromatic nitrogens is 3. The van der Waals surface area contributed by atoms with Crippen molar-refractivity contribution in [3.8, 4) is 0 Å². The first kappa shape index (κ1) is 20.4. The van der Waals surface area contributed by atoms with Crippen molar-refractivity contribution >= 4 is 28.2 Å². The Labute approximate surface area is 170 Å². The van der Waals surface area contributed by atoms with Crippen molar-refractivity contribution < 1.29 is 4.79 Å². The Bertz CT molecular complexity index is 847. The average Bonchev–Trinajstić information content (AvgIpc) is 3.05. The molecular weight excluding hydrogens is 372 g/mol. The highest BCUT2D eigenvalue weighted by Gasteiger charge is 2.28. The van der Waals surface area contributed by atoms with Gasteiger partial charge in [-0.3, -0.25) is 4.79 Å². The van der Waals surface area contributed by atoms with Crippen LogP contribution in [0.25, 0.3) is 0 Å². The molecule has 2 aromatic rings. The first-order valence-electron chi connectivity index (χ1n) is 9.59. The van der Waals surface area contributed by atoms with Gasteiger partial charge in [0.15, 0.2) is 5.13 Å². The van der Waals surface area contributed by atoms with Crippen LogP contribution in [0.15, 0.2) is 24.4 Å². The van der Waals surface area contributed by atoms with Gasteiger partial charge < -0.3 is 15.1 Å². The van der Waals surface area contributed by atoms with E-state index in [2.05, 4.69) is 20.3 Å². The highest BCUT2D eigenvalue weighted by Crippen LogP contribution is 2.31. The lowest BCUT2D eigenvalue weighted by Crippen LogP contribution is -2.38. The molecule has 150 valence electrons. The van der Waals surface area contributed by atoms with E-state index in [-0.39, 0.29) is 11.9 Å². The molecule has 0 radical (unpaired) electrons. The third kappa shape index (κ3) is 5.36. The van der Waals surface area contributed by atoms with Crippen molar-refractivity contribution in [1.82, 2.24) is 24.8 Å². The zero-order chi connectivity index (χ0) is 20.1. The van der Waals surface area contributed by atoms with Crippen LogP contribution in [0.4, 0.5) is 10.9 Å². The number of likely N-dealkylation sites (N-methyl/N-ethyl adjacent to an activating group) is 1. The Hall–Kier alpha value is -2.32. The summed E-state index contributed by atoms with van der Waals surface area (Å²) in [7, 11) is 3.97. The van der Waals surface area contributed by atoms with Crippen LogP contribution in [-0.2, 0) is 4.79 Å². The second kappa shape index (κ2) is 9.25. The molecule has 1 aliphatic heterocycles. The first-order valence-corrected chi connectivity index (χ1v) is 10.4. The topological polar surface area (TPSA) is 74.2 Å². The van der Waals surface area contributed by atoms with E-state index in [4.69, 9.17) is 0 Å². The van der Waals surface area contributed by atoms with Crippen molar-refractivity contribution in [3.05, 3.63) is 40.8 Å². The van der Waals surface area contributed by atoms with Crippen LogP contribution in [0.3, 0.4) is 0 Å². The molecule has 1 fully saturated rings. The average molecular weight is 401 g/mol. The van der Waals surface area contributed by atoms with E-state index >= 15 is 0 Å². The highest BCUT2D eigenvalue weighted by atomic mass is 32.1. The van der Waals surface area contributed by atoms with Gasteiger partial charge in [0.05, 0.1) is 11.7 Å². The fraction of sp³-hybridized carbons (Fsp3) is 0.500. The van der Waals surface area contributed by atoms with Gasteiger partial charge in [0.1, 0.15) is 11.6 Å². The van der Waals surface area contributed by atoms with Crippen molar-refractivity contribution in [2.24, 2.45) is 0 Å². The fourth-order valence-electron chi connectivity index (χ4n) is 3.31. The molecule has 1 N–H and O–H groups in total. The summed E-state index contributed by atoms with van der Waals surface area (Å²) in [6.07, 6.45) is 8.47. The van der Waals surface area contributed by atoms with E-state index in [0.29, 0.717) is 5.82 Å². The van der Waals surface area contributed by atoms with Gasteiger partial charge in [0.25, 0.3) is 0 Å². The lowest BCUT2D eigenvalue weighted by molar-refractivity contribution is -0.129. The molecule has 28 heavy (non-hydrogen) atoms. The standard InChI is InChI=1S/C20H28N6OS/c1-14-13-21-20(28-14)24-18-12-16(22-15(2)23-18)17-8-5-6-11-26(17)19(27)9-7-10-25(3)4/h7,9,12-13,17H,5-6,8,10-11H2,1-4H3,(H,21,22,23,24)/b9-7+/t17-/m1/s1. The first-order chi connectivity index (χ1) is 13.4. The molecule has 0 aliphatic carbocycles. The maximum absolute atomic E-state index is 12.8. The van der Waals surface area contributed by atoms with Crippen molar-refractivity contribution in [1.29, 1.82) is 0 Å². The molecule has 7 nitrogen and oxygen atoms in total. The summed E-state index contributed by atoms with van der Waals surface area (Å²) < 4.78 is 0. The number of likely N-dealkylation sites (tertiary alicyclic amines) is 1. The lowest BCUT2D eigenvalue weighted by atomic mass is 9.98. The number of hydrogen-bond acceptors (Lipinski definition) is 7. The van der Waals surface area contributed by atoms with Crippen LogP contribution in [0, 0.1) is 13.8 Å². The van der Waals surface area contributed by atoms with Crippen LogP contribution in [0.5, 0.6) is 0 Å². The minimum atomic E-state index is -0.0227. The van der Waals surface area contributed by atoms with Gasteiger partial charge in [-0.15, -0.1) is 11.3 Å². The van der Waals surface area contributed by atoms with Gasteiger partial charge >= 0.3 is 0 Å². The summed E-state index contributed by atoms with van der Waals surface area (Å²) in [4.78, 5) is 31.4. The zero-order valence-electron chi connectivity index (χ0n) is 17.0. The molecule has 3 heterocycles. The lowest BCUT2D eigenvalue weighted by Gasteiger charge is -2.35. The van der Waals surface area contributed by atoms with Gasteiger partial charge in [-0.1, -0.05) is 6.08 Å². The third-order valence-electron chi connectivity index (χ3n) is 4.57. The Morgan fingerprint density at radius 1 is 1.36 bits per heavy atom. The van der Waals surface area contributed by atoms with Crippen molar-refractivity contribution in [2.75, 3.05) is 32.5 Å². The fourth-order valence-corrected chi connectivity index (χ4v) is 3.98. The molecule has 0 aromatic carbocycles. The largest absolute Gasteiger partial charge is 0.331 e. The number of piperidine rings is 1. The number of thiazole rings is 1. The minimum Gasteiger partial charge on any atom is -0.331 e. The van der Waals surface area contributed by atoms with E-state index in [0.717, 1.165) is 53.9 Å². The monoisotopic (exact) mass is 400 g/mol. The number of hydrogen-bond donors (Lipinski definition) is 1. The molecule has 0 spiro atoms. The van der Waals surface area contributed by atoms with E-state index in [9.17, 15) is 4.79 Å². The molecule has 0 bridgehead atoms. The second-order valence-electron chi connectivity index (χ2n) is 7.33. The molecule has 0 saturated carbocycles. The predicted octanol–water partition coefficient (Wildman–Crippen LogP) is 3.46. The van der Waals surface area contributed by atoms with Crippen LogP contribution in [0.1, 0.15) is 41.7 Å². The molecule has 2 aromatic heterocycles. The maximum atomic E-state index is 12.8. The Morgan fingerprint density at radius 3 is 2.89 bits per heavy atom. The summed E-state index contributed by atoms with van der Waals surface area (Å²) in [6, 6.07) is 1.93. The molecule has 1 aliphatic rings. The van der Waals surface area contributed by atoms with Crippen molar-refractivity contribution in [3.63, 3.8) is 0 Å². The van der Waals surface area contributed by atoms with Gasteiger partial charge in [-0.05, 0) is 47.2 Å². The van der Waals surface area contributed by atoms with Crippen LogP contribution in [0.2, 0.25) is 0 Å². The number of aryl methyl sites for hydroxylation is 2. The Balaban J connectivity index is 1.80. The summed E-state index contributed by atoms with van der Waals surface area (Å²) >= 11 is 1.59. The number of carbonyl (C=O) groups is 1. The molecular formula is C20H28N6OS. The molecule has 0 unspecified atom stereocenters. The van der Waals surface area contributed by atoms with Crippen molar-refractivity contribution in [2.45, 2.75) is 39.2 Å². The predicted molar refractivity (Wildman–Crippen MR) is 113 cm³/mol. The number of nitrogens with zero attached hydrogens (tertiary/aromatic N) is 5. The number of nitrogens with one attached hydrogen (secondary N) is 1. The normalized spacial score (nSPS) is 17.5. The van der Waals surface area contributed by atoms with Crippen LogP contribution < -0.4 is 5.32 Å². The summed E-state index contributed by atoms with van der Waals surface area (Å²) in [5.41, 5.74) is 0.886. The zero-order valence-corrected chi connectivity index (χ0v) is 17.8. The molecule has 1 atom stereocenters. The van der Waals surface area contributed by atoms with E-state index in [1.54, 1.807) is 17.4 Å². The molecule has 8 heteroatoms. The minimum absolute atomic E-state index is 0.0227. The SMILES string of the molecule is Cc1nc(Nc2ncc(C)s2)cc([C@H]2CCCCN2C(=O)/C=C/CN(C)C)n1. The summed E-state index contributed by atoms with van der Waals surface area (Å²) in [6.45, 7) is 5.41. The van der Waals surface area contributed by atoms with E-state index in [1.165, 1.54) is 0 Å². The maximum Gasteiger partial charge on any atom is 0.246 e. The van der Waals surface area contributed by atoms with Gasteiger partial charge in [0, 0.05) is 36.3 Å².